The third-order valence-corrected chi connectivity index (χ3v) is 4.55. The number of aromatic nitrogens is 1. The van der Waals surface area contributed by atoms with Gasteiger partial charge in [0.25, 0.3) is 0 Å². The first-order valence-electron chi connectivity index (χ1n) is 5.36. The molecule has 90 valence electrons. The van der Waals surface area contributed by atoms with Crippen LogP contribution in [0.1, 0.15) is 30.4 Å². The maximum absolute atomic E-state index is 11.3. The molecule has 1 fully saturated rings. The summed E-state index contributed by atoms with van der Waals surface area (Å²) in [5.41, 5.74) is 0. The fourth-order valence-electron chi connectivity index (χ4n) is 1.87. The molecule has 0 atom stereocenters. The largest absolute Gasteiger partial charge is 0.445 e. The van der Waals surface area contributed by atoms with Crippen molar-refractivity contribution in [1.29, 1.82) is 0 Å². The van der Waals surface area contributed by atoms with Crippen molar-refractivity contribution in [2.24, 2.45) is 0 Å². The van der Waals surface area contributed by atoms with Gasteiger partial charge in [0.05, 0.1) is 24.3 Å². The molecule has 1 saturated heterocycles. The van der Waals surface area contributed by atoms with E-state index in [1.165, 1.54) is 0 Å². The molecular formula is C10H15NO4S. The number of rotatable bonds is 3. The van der Waals surface area contributed by atoms with Gasteiger partial charge in [0.2, 0.25) is 0 Å². The summed E-state index contributed by atoms with van der Waals surface area (Å²) >= 11 is 0. The molecule has 0 aliphatic carbocycles. The van der Waals surface area contributed by atoms with Crippen molar-refractivity contribution in [2.45, 2.75) is 25.2 Å². The molecule has 6 heteroatoms. The monoisotopic (exact) mass is 245 g/mol. The Balaban J connectivity index is 2.02. The van der Waals surface area contributed by atoms with Gasteiger partial charge in [-0.15, -0.1) is 0 Å². The van der Waals surface area contributed by atoms with Crippen LogP contribution in [0.15, 0.2) is 10.6 Å². The van der Waals surface area contributed by atoms with Gasteiger partial charge in [-0.25, -0.2) is 13.4 Å². The standard InChI is InChI=1S/C10H15NO4S/c12-4-1-9-7-11-10(15-9)8-2-5-16(13,14)6-3-8/h7-8,12H,1-6H2. The van der Waals surface area contributed by atoms with Crippen LogP contribution < -0.4 is 0 Å². The fourth-order valence-corrected chi connectivity index (χ4v) is 3.37. The number of aliphatic hydroxyl groups excluding tert-OH is 1. The normalized spacial score (nSPS) is 21.1. The van der Waals surface area contributed by atoms with Crippen LogP contribution in [0, 0.1) is 0 Å². The molecule has 0 bridgehead atoms. The van der Waals surface area contributed by atoms with Gasteiger partial charge in [0.15, 0.2) is 5.89 Å². The zero-order chi connectivity index (χ0) is 11.6. The van der Waals surface area contributed by atoms with E-state index in [9.17, 15) is 8.42 Å². The van der Waals surface area contributed by atoms with Gasteiger partial charge in [-0.1, -0.05) is 0 Å². The maximum Gasteiger partial charge on any atom is 0.197 e. The van der Waals surface area contributed by atoms with Gasteiger partial charge in [-0.3, -0.25) is 0 Å². The predicted octanol–water partition coefficient (Wildman–Crippen LogP) is 0.502. The van der Waals surface area contributed by atoms with Crippen molar-refractivity contribution in [3.63, 3.8) is 0 Å². The average molecular weight is 245 g/mol. The molecule has 0 amide bonds. The van der Waals surface area contributed by atoms with E-state index >= 15 is 0 Å². The molecule has 0 aromatic carbocycles. The quantitative estimate of drug-likeness (QED) is 0.838. The number of hydrogen-bond acceptors (Lipinski definition) is 5. The van der Waals surface area contributed by atoms with Crippen LogP contribution in [0.5, 0.6) is 0 Å². The van der Waals surface area contributed by atoms with Crippen LogP contribution in [0.3, 0.4) is 0 Å². The summed E-state index contributed by atoms with van der Waals surface area (Å²) in [5, 5.41) is 8.74. The first-order valence-corrected chi connectivity index (χ1v) is 7.19. The summed E-state index contributed by atoms with van der Waals surface area (Å²) in [6.07, 6.45) is 3.23. The molecule has 1 aliphatic heterocycles. The smallest absolute Gasteiger partial charge is 0.197 e. The SMILES string of the molecule is O=S1(=O)CCC(c2ncc(CCO)o2)CC1. The lowest BCUT2D eigenvalue weighted by Crippen LogP contribution is -2.22. The molecule has 16 heavy (non-hydrogen) atoms. The second-order valence-corrected chi connectivity index (χ2v) is 6.37. The molecular weight excluding hydrogens is 230 g/mol. The average Bonchev–Trinajstić information content (AvgIpc) is 2.67. The van der Waals surface area contributed by atoms with E-state index in [4.69, 9.17) is 9.52 Å². The zero-order valence-electron chi connectivity index (χ0n) is 8.92. The Morgan fingerprint density at radius 3 is 2.75 bits per heavy atom. The summed E-state index contributed by atoms with van der Waals surface area (Å²) in [6.45, 7) is 0.0354. The Kier molecular flexibility index (Phi) is 3.30. The first kappa shape index (κ1) is 11.6. The topological polar surface area (TPSA) is 80.4 Å². The Morgan fingerprint density at radius 2 is 2.12 bits per heavy atom. The minimum Gasteiger partial charge on any atom is -0.445 e. The van der Waals surface area contributed by atoms with Gasteiger partial charge < -0.3 is 9.52 Å². The molecule has 0 spiro atoms. The maximum atomic E-state index is 11.3. The van der Waals surface area contributed by atoms with E-state index < -0.39 is 9.84 Å². The summed E-state index contributed by atoms with van der Waals surface area (Å²) in [4.78, 5) is 4.13. The van der Waals surface area contributed by atoms with E-state index in [1.54, 1.807) is 6.20 Å². The number of aliphatic hydroxyl groups is 1. The summed E-state index contributed by atoms with van der Waals surface area (Å²) in [5.74, 6) is 1.81. The van der Waals surface area contributed by atoms with E-state index in [0.717, 1.165) is 0 Å². The lowest BCUT2D eigenvalue weighted by Gasteiger charge is -2.18. The molecule has 0 unspecified atom stereocenters. The van der Waals surface area contributed by atoms with Gasteiger partial charge in [0.1, 0.15) is 15.6 Å². The molecule has 1 N–H and O–H groups in total. The van der Waals surface area contributed by atoms with Crippen LogP contribution >= 0.6 is 0 Å². The highest BCUT2D eigenvalue weighted by Crippen LogP contribution is 2.28. The van der Waals surface area contributed by atoms with Gasteiger partial charge in [0, 0.05) is 12.3 Å². The van der Waals surface area contributed by atoms with Crippen molar-refractivity contribution in [2.75, 3.05) is 18.1 Å². The minimum absolute atomic E-state index is 0.0354. The third kappa shape index (κ3) is 2.62. The Hall–Kier alpha value is -0.880. The van der Waals surface area contributed by atoms with Crippen molar-refractivity contribution >= 4 is 9.84 Å². The predicted molar refractivity (Wildman–Crippen MR) is 57.9 cm³/mol. The summed E-state index contributed by atoms with van der Waals surface area (Å²) in [6, 6.07) is 0. The molecule has 2 rings (SSSR count). The number of nitrogens with zero attached hydrogens (tertiary/aromatic N) is 1. The summed E-state index contributed by atoms with van der Waals surface area (Å²) < 4.78 is 28.0. The van der Waals surface area contributed by atoms with Crippen molar-refractivity contribution in [3.8, 4) is 0 Å². The Bertz CT molecular complexity index is 437. The summed E-state index contributed by atoms with van der Waals surface area (Å²) in [7, 11) is -2.84. The number of hydrogen-bond donors (Lipinski definition) is 1. The Morgan fingerprint density at radius 1 is 1.44 bits per heavy atom. The van der Waals surface area contributed by atoms with E-state index in [2.05, 4.69) is 4.98 Å². The molecule has 1 aromatic rings. The van der Waals surface area contributed by atoms with E-state index in [0.29, 0.717) is 30.9 Å². The van der Waals surface area contributed by atoms with Gasteiger partial charge in [-0.2, -0.15) is 0 Å². The van der Waals surface area contributed by atoms with Gasteiger partial charge in [-0.05, 0) is 12.8 Å². The van der Waals surface area contributed by atoms with Crippen molar-refractivity contribution in [1.82, 2.24) is 4.98 Å². The van der Waals surface area contributed by atoms with Crippen LogP contribution in [0.2, 0.25) is 0 Å². The Labute approximate surface area is 94.4 Å². The molecule has 2 heterocycles. The molecule has 0 radical (unpaired) electrons. The highest BCUT2D eigenvalue weighted by Gasteiger charge is 2.27. The molecule has 0 saturated carbocycles. The highest BCUT2D eigenvalue weighted by atomic mass is 32.2. The molecule has 1 aliphatic rings. The zero-order valence-corrected chi connectivity index (χ0v) is 9.74. The molecule has 5 nitrogen and oxygen atoms in total. The highest BCUT2D eigenvalue weighted by molar-refractivity contribution is 7.91. The molecule has 1 aromatic heterocycles. The lowest BCUT2D eigenvalue weighted by atomic mass is 10.0. The van der Waals surface area contributed by atoms with E-state index in [-0.39, 0.29) is 24.0 Å². The second kappa shape index (κ2) is 4.55. The second-order valence-electron chi connectivity index (χ2n) is 4.06. The fraction of sp³-hybridized carbons (Fsp3) is 0.700. The number of oxazole rings is 1. The van der Waals surface area contributed by atoms with Crippen LogP contribution in [-0.4, -0.2) is 36.6 Å². The van der Waals surface area contributed by atoms with Crippen molar-refractivity contribution in [3.05, 3.63) is 17.8 Å². The lowest BCUT2D eigenvalue weighted by molar-refractivity contribution is 0.283. The minimum atomic E-state index is -2.84. The number of sulfone groups is 1. The van der Waals surface area contributed by atoms with E-state index in [1.807, 2.05) is 0 Å². The third-order valence-electron chi connectivity index (χ3n) is 2.83. The van der Waals surface area contributed by atoms with Crippen LogP contribution in [-0.2, 0) is 16.3 Å². The van der Waals surface area contributed by atoms with Crippen molar-refractivity contribution < 1.29 is 17.9 Å². The van der Waals surface area contributed by atoms with Crippen LogP contribution in [0.25, 0.3) is 0 Å². The first-order chi connectivity index (χ1) is 7.61. The van der Waals surface area contributed by atoms with Crippen LogP contribution in [0.4, 0.5) is 0 Å². The van der Waals surface area contributed by atoms with Gasteiger partial charge >= 0.3 is 0 Å².